The van der Waals surface area contributed by atoms with Gasteiger partial charge in [0, 0.05) is 17.1 Å². The zero-order valence-electron chi connectivity index (χ0n) is 12.7. The Morgan fingerprint density at radius 3 is 2.86 bits per heavy atom. The Kier molecular flexibility index (Phi) is 3.50. The molecule has 0 saturated carbocycles. The van der Waals surface area contributed by atoms with Crippen molar-refractivity contribution in [1.29, 1.82) is 0 Å². The van der Waals surface area contributed by atoms with Crippen LogP contribution in [0.25, 0.3) is 0 Å². The van der Waals surface area contributed by atoms with Crippen LogP contribution in [0.1, 0.15) is 14.7 Å². The number of aliphatic hydroxyl groups is 3. The van der Waals surface area contributed by atoms with Crippen LogP contribution in [0.15, 0.2) is 15.7 Å². The zero-order valence-corrected chi connectivity index (χ0v) is 11.5. The van der Waals surface area contributed by atoms with Gasteiger partial charge in [-0.2, -0.15) is 0 Å². The average molecular weight is 319 g/mol. The van der Waals surface area contributed by atoms with Gasteiger partial charge in [-0.15, -0.1) is 0 Å². The van der Waals surface area contributed by atoms with Crippen LogP contribution >= 0.6 is 11.6 Å². The minimum atomic E-state index is -3.03. The second-order valence-electron chi connectivity index (χ2n) is 4.48. The molecule has 1 unspecified atom stereocenters. The predicted octanol–water partition coefficient (Wildman–Crippen LogP) is -1.97. The summed E-state index contributed by atoms with van der Waals surface area (Å²) in [6, 6.07) is 1.03. The number of hydrogen-bond acceptors (Lipinski definition) is 6. The Bertz CT molecular complexity index is 792. The van der Waals surface area contributed by atoms with Crippen LogP contribution in [-0.4, -0.2) is 49.2 Å². The number of aryl methyl sites for hydroxylation is 1. The SMILES string of the molecule is [2H]C([2H])(O)[C@H]1O[C@@H](n2c(C)cc(=O)[nH]c2=O)C(O)(C#CCl)[C@H]1O. The Morgan fingerprint density at radius 1 is 1.67 bits per heavy atom. The molecule has 1 aromatic heterocycles. The molecule has 1 fully saturated rings. The van der Waals surface area contributed by atoms with E-state index in [0.29, 0.717) is 0 Å². The summed E-state index contributed by atoms with van der Waals surface area (Å²) in [5.74, 6) is 2.06. The number of nitrogens with one attached hydrogen (secondary N) is 1. The summed E-state index contributed by atoms with van der Waals surface area (Å²) in [5, 5.41) is 32.0. The summed E-state index contributed by atoms with van der Waals surface area (Å²) in [5.41, 5.74) is -4.09. The number of aromatic nitrogens is 2. The van der Waals surface area contributed by atoms with Crippen LogP contribution < -0.4 is 11.2 Å². The first kappa shape index (κ1) is 13.1. The topological polar surface area (TPSA) is 125 Å². The highest BCUT2D eigenvalue weighted by Crippen LogP contribution is 2.37. The Morgan fingerprint density at radius 2 is 2.33 bits per heavy atom. The van der Waals surface area contributed by atoms with Gasteiger partial charge in [-0.1, -0.05) is 0 Å². The molecule has 0 bridgehead atoms. The second kappa shape index (κ2) is 5.63. The first-order chi connectivity index (χ1) is 10.5. The molecule has 2 heterocycles. The maximum absolute atomic E-state index is 12.0. The molecule has 1 aromatic rings. The lowest BCUT2D eigenvalue weighted by molar-refractivity contribution is -0.0774. The standard InChI is InChI=1S/C12H13ClN2O6/c1-6-4-8(17)14-11(19)15(6)10-12(20,2-3-13)9(18)7(5-16)21-10/h4,7,9-10,16,18,20H,5H2,1H3,(H,14,17,19)/t7-,9+,10-,12?/m1/s1/i5D2. The highest BCUT2D eigenvalue weighted by atomic mass is 35.5. The third kappa shape index (κ3) is 2.50. The van der Waals surface area contributed by atoms with Gasteiger partial charge in [-0.3, -0.25) is 14.3 Å². The largest absolute Gasteiger partial charge is 0.394 e. The van der Waals surface area contributed by atoms with E-state index in [-0.39, 0.29) is 5.69 Å². The molecular formula is C12H13ClN2O6. The van der Waals surface area contributed by atoms with Crippen molar-refractivity contribution in [3.8, 4) is 11.3 Å². The fraction of sp³-hybridized carbons (Fsp3) is 0.500. The molecule has 0 spiro atoms. The molecule has 0 aromatic carbocycles. The number of aromatic amines is 1. The normalized spacial score (nSPS) is 33.9. The fourth-order valence-corrected chi connectivity index (χ4v) is 2.33. The van der Waals surface area contributed by atoms with Gasteiger partial charge in [0.2, 0.25) is 5.60 Å². The lowest BCUT2D eigenvalue weighted by Gasteiger charge is -2.27. The first-order valence-corrected chi connectivity index (χ1v) is 6.13. The maximum Gasteiger partial charge on any atom is 0.330 e. The van der Waals surface area contributed by atoms with Crippen LogP contribution in [0.5, 0.6) is 0 Å². The molecule has 4 atom stereocenters. The molecule has 0 aliphatic carbocycles. The molecule has 4 N–H and O–H groups in total. The van der Waals surface area contributed by atoms with E-state index in [1.54, 1.807) is 0 Å². The molecule has 8 nitrogen and oxygen atoms in total. The van der Waals surface area contributed by atoms with Gasteiger partial charge in [0.1, 0.15) is 12.2 Å². The van der Waals surface area contributed by atoms with Crippen LogP contribution in [0.4, 0.5) is 0 Å². The molecular weight excluding hydrogens is 304 g/mol. The van der Waals surface area contributed by atoms with Crippen molar-refractivity contribution in [3.63, 3.8) is 0 Å². The summed E-state index contributed by atoms with van der Waals surface area (Å²) in [7, 11) is 0. The highest BCUT2D eigenvalue weighted by Gasteiger charge is 2.56. The quantitative estimate of drug-likeness (QED) is 0.469. The van der Waals surface area contributed by atoms with Crippen molar-refractivity contribution in [2.24, 2.45) is 0 Å². The van der Waals surface area contributed by atoms with Gasteiger partial charge < -0.3 is 20.1 Å². The van der Waals surface area contributed by atoms with Gasteiger partial charge in [0.05, 0.1) is 9.30 Å². The molecule has 21 heavy (non-hydrogen) atoms. The van der Waals surface area contributed by atoms with E-state index >= 15 is 0 Å². The summed E-state index contributed by atoms with van der Waals surface area (Å²) in [4.78, 5) is 25.2. The lowest BCUT2D eigenvalue weighted by atomic mass is 9.95. The number of nitrogens with zero attached hydrogens (tertiary/aromatic N) is 1. The number of hydrogen-bond donors (Lipinski definition) is 4. The third-order valence-corrected chi connectivity index (χ3v) is 3.26. The summed E-state index contributed by atoms with van der Waals surface area (Å²) in [6.45, 7) is -1.67. The van der Waals surface area contributed by atoms with E-state index in [4.69, 9.17) is 19.1 Å². The van der Waals surface area contributed by atoms with Crippen LogP contribution in [-0.2, 0) is 4.74 Å². The molecule has 9 heteroatoms. The monoisotopic (exact) mass is 318 g/mol. The van der Waals surface area contributed by atoms with E-state index < -0.39 is 41.8 Å². The number of rotatable bonds is 2. The van der Waals surface area contributed by atoms with Crippen LogP contribution in [0, 0.1) is 18.2 Å². The fourth-order valence-electron chi connectivity index (χ4n) is 2.18. The third-order valence-electron chi connectivity index (χ3n) is 3.17. The summed E-state index contributed by atoms with van der Waals surface area (Å²) < 4.78 is 20.4. The number of aliphatic hydroxyl groups excluding tert-OH is 1. The number of H-pyrrole nitrogens is 1. The molecule has 0 radical (unpaired) electrons. The van der Waals surface area contributed by atoms with E-state index in [1.807, 2.05) is 10.4 Å². The van der Waals surface area contributed by atoms with Gasteiger partial charge in [-0.05, 0) is 24.4 Å². The van der Waals surface area contributed by atoms with Crippen molar-refractivity contribution in [1.82, 2.24) is 9.55 Å². The molecule has 1 aliphatic heterocycles. The minimum Gasteiger partial charge on any atom is -0.394 e. The van der Waals surface area contributed by atoms with Gasteiger partial charge in [0.25, 0.3) is 5.56 Å². The van der Waals surface area contributed by atoms with E-state index in [0.717, 1.165) is 10.6 Å². The first-order valence-electron chi connectivity index (χ1n) is 6.76. The minimum absolute atomic E-state index is 0.0601. The molecule has 1 aliphatic rings. The van der Waals surface area contributed by atoms with Crippen molar-refractivity contribution < 1.29 is 22.8 Å². The van der Waals surface area contributed by atoms with E-state index in [9.17, 15) is 24.9 Å². The van der Waals surface area contributed by atoms with E-state index in [2.05, 4.69) is 5.92 Å². The zero-order chi connectivity index (χ0) is 17.6. The second-order valence-corrected chi connectivity index (χ2v) is 4.67. The average Bonchev–Trinajstić information content (AvgIpc) is 2.63. The van der Waals surface area contributed by atoms with Crippen molar-refractivity contribution in [3.05, 3.63) is 32.6 Å². The van der Waals surface area contributed by atoms with E-state index in [1.165, 1.54) is 6.92 Å². The van der Waals surface area contributed by atoms with Crippen LogP contribution in [0.2, 0.25) is 0 Å². The highest BCUT2D eigenvalue weighted by molar-refractivity contribution is 6.30. The van der Waals surface area contributed by atoms with Gasteiger partial charge >= 0.3 is 5.69 Å². The molecule has 0 amide bonds. The van der Waals surface area contributed by atoms with Crippen LogP contribution in [0.3, 0.4) is 0 Å². The number of ether oxygens (including phenoxy) is 1. The Labute approximate surface area is 126 Å². The van der Waals surface area contributed by atoms with Crippen molar-refractivity contribution in [2.75, 3.05) is 6.56 Å². The van der Waals surface area contributed by atoms with Crippen molar-refractivity contribution >= 4 is 11.6 Å². The smallest absolute Gasteiger partial charge is 0.330 e. The lowest BCUT2D eigenvalue weighted by Crippen LogP contribution is -2.48. The predicted molar refractivity (Wildman–Crippen MR) is 71.6 cm³/mol. The van der Waals surface area contributed by atoms with Gasteiger partial charge in [0.15, 0.2) is 6.23 Å². The Balaban J connectivity index is 2.67. The Hall–Kier alpha value is -1.63. The van der Waals surface area contributed by atoms with Gasteiger partial charge in [-0.25, -0.2) is 4.79 Å². The molecule has 2 rings (SSSR count). The maximum atomic E-state index is 12.0. The summed E-state index contributed by atoms with van der Waals surface area (Å²) >= 11 is 5.27. The van der Waals surface area contributed by atoms with Crippen molar-refractivity contribution in [2.45, 2.75) is 31.0 Å². The summed E-state index contributed by atoms with van der Waals surface area (Å²) in [6.07, 6.45) is -5.63. The number of halogens is 1. The molecule has 114 valence electrons. The molecule has 1 saturated heterocycles.